The van der Waals surface area contributed by atoms with Crippen LogP contribution in [0.1, 0.15) is 19.4 Å². The number of fused-ring (bicyclic) bond motifs is 1. The van der Waals surface area contributed by atoms with E-state index in [-0.39, 0.29) is 48.0 Å². The van der Waals surface area contributed by atoms with Gasteiger partial charge in [-0.05, 0) is 23.8 Å². The van der Waals surface area contributed by atoms with Crippen LogP contribution in [-0.4, -0.2) is 57.2 Å². The van der Waals surface area contributed by atoms with Crippen LogP contribution in [0.2, 0.25) is 0 Å². The number of rotatable bonds is 6. The van der Waals surface area contributed by atoms with Gasteiger partial charge in [-0.3, -0.25) is 15.5 Å². The number of allylic oxidation sites excluding steroid dienone is 2. The summed E-state index contributed by atoms with van der Waals surface area (Å²) < 4.78 is 32.9. The number of nitro benzene ring substituents is 1. The summed E-state index contributed by atoms with van der Waals surface area (Å²) in [6, 6.07) is 11.8. The van der Waals surface area contributed by atoms with Crippen LogP contribution in [0.5, 0.6) is 0 Å². The SMILES string of the molecule is CN1C(=CC=NNc2ccc([N+](=O)[O-])cc2S(=O)(=O)N2CCOCC2)C(C)(C)c2ccccc21. The Morgan fingerprint density at radius 1 is 1.18 bits per heavy atom. The Morgan fingerprint density at radius 2 is 1.88 bits per heavy atom. The highest BCUT2D eigenvalue weighted by Crippen LogP contribution is 2.46. The molecule has 0 atom stereocenters. The Labute approximate surface area is 198 Å². The Bertz CT molecular complexity index is 1270. The standard InChI is InChI=1S/C23H27N5O5S/c1-23(2)18-6-4-5-7-20(18)26(3)22(23)10-11-24-25-19-9-8-17(28(29)30)16-21(19)34(31,32)27-12-14-33-15-13-27/h4-11,16,25H,12-15H2,1-3H3. The molecule has 0 radical (unpaired) electrons. The summed E-state index contributed by atoms with van der Waals surface area (Å²) in [6.07, 6.45) is 3.43. The zero-order valence-electron chi connectivity index (χ0n) is 19.3. The summed E-state index contributed by atoms with van der Waals surface area (Å²) in [7, 11) is -1.99. The van der Waals surface area contributed by atoms with Gasteiger partial charge in [-0.25, -0.2) is 8.42 Å². The third-order valence-electron chi connectivity index (χ3n) is 6.20. The fourth-order valence-corrected chi connectivity index (χ4v) is 5.94. The van der Waals surface area contributed by atoms with Gasteiger partial charge >= 0.3 is 0 Å². The number of likely N-dealkylation sites (N-methyl/N-ethyl adjacent to an activating group) is 1. The van der Waals surface area contributed by atoms with E-state index in [1.807, 2.05) is 25.3 Å². The van der Waals surface area contributed by atoms with Crippen molar-refractivity contribution in [2.75, 3.05) is 43.7 Å². The minimum absolute atomic E-state index is 0.161. The van der Waals surface area contributed by atoms with Gasteiger partial charge in [0.25, 0.3) is 5.69 Å². The van der Waals surface area contributed by atoms with E-state index in [0.717, 1.165) is 17.5 Å². The number of anilines is 2. The number of hydrogen-bond donors (Lipinski definition) is 1. The normalized spacial score (nSPS) is 19.5. The Balaban J connectivity index is 1.62. The predicted molar refractivity (Wildman–Crippen MR) is 131 cm³/mol. The van der Waals surface area contributed by atoms with Gasteiger partial charge in [0, 0.05) is 55.3 Å². The van der Waals surface area contributed by atoms with Crippen LogP contribution in [0.15, 0.2) is 64.2 Å². The van der Waals surface area contributed by atoms with Crippen LogP contribution in [0.25, 0.3) is 0 Å². The molecule has 2 heterocycles. The summed E-state index contributed by atoms with van der Waals surface area (Å²) in [4.78, 5) is 12.6. The number of morpholine rings is 1. The highest BCUT2D eigenvalue weighted by atomic mass is 32.2. The highest BCUT2D eigenvalue weighted by molar-refractivity contribution is 7.89. The first-order chi connectivity index (χ1) is 16.1. The quantitative estimate of drug-likeness (QED) is 0.379. The van der Waals surface area contributed by atoms with Gasteiger partial charge in [0.2, 0.25) is 10.0 Å². The molecule has 34 heavy (non-hydrogen) atoms. The maximum Gasteiger partial charge on any atom is 0.270 e. The van der Waals surface area contributed by atoms with Crippen molar-refractivity contribution >= 4 is 33.3 Å². The van der Waals surface area contributed by atoms with Crippen LogP contribution in [0.3, 0.4) is 0 Å². The average Bonchev–Trinajstić information content (AvgIpc) is 3.02. The molecule has 1 N–H and O–H groups in total. The second-order valence-corrected chi connectivity index (χ2v) is 10.5. The summed E-state index contributed by atoms with van der Waals surface area (Å²) in [5.41, 5.74) is 5.74. The number of hydrogen-bond acceptors (Lipinski definition) is 8. The summed E-state index contributed by atoms with van der Waals surface area (Å²) in [5, 5.41) is 15.5. The molecular formula is C23H27N5O5S. The first-order valence-corrected chi connectivity index (χ1v) is 12.3. The lowest BCUT2D eigenvalue weighted by molar-refractivity contribution is -0.385. The highest BCUT2D eigenvalue weighted by Gasteiger charge is 2.37. The van der Waals surface area contributed by atoms with Crippen molar-refractivity contribution in [3.63, 3.8) is 0 Å². The second-order valence-electron chi connectivity index (χ2n) is 8.60. The summed E-state index contributed by atoms with van der Waals surface area (Å²) in [6.45, 7) is 5.17. The molecular weight excluding hydrogens is 458 g/mol. The lowest BCUT2D eigenvalue weighted by Crippen LogP contribution is -2.40. The van der Waals surface area contributed by atoms with Gasteiger partial charge in [-0.15, -0.1) is 0 Å². The molecule has 0 bridgehead atoms. The van der Waals surface area contributed by atoms with E-state index >= 15 is 0 Å². The Hall–Kier alpha value is -3.28. The van der Waals surface area contributed by atoms with E-state index in [9.17, 15) is 18.5 Å². The van der Waals surface area contributed by atoms with E-state index in [4.69, 9.17) is 4.74 Å². The zero-order chi connectivity index (χ0) is 24.5. The lowest BCUT2D eigenvalue weighted by atomic mass is 9.84. The molecule has 0 aromatic heterocycles. The lowest BCUT2D eigenvalue weighted by Gasteiger charge is -2.26. The van der Waals surface area contributed by atoms with E-state index in [1.54, 1.807) is 6.21 Å². The maximum atomic E-state index is 13.2. The Kier molecular flexibility index (Phi) is 6.43. The van der Waals surface area contributed by atoms with Gasteiger partial charge in [-0.2, -0.15) is 9.41 Å². The number of hydrazone groups is 1. The molecule has 180 valence electrons. The molecule has 2 aliphatic heterocycles. The molecule has 0 spiro atoms. The number of benzene rings is 2. The van der Waals surface area contributed by atoms with Crippen LogP contribution in [0.4, 0.5) is 17.1 Å². The number of non-ortho nitro benzene ring substituents is 1. The molecule has 11 heteroatoms. The molecule has 2 aromatic carbocycles. The fourth-order valence-electron chi connectivity index (χ4n) is 4.37. The minimum Gasteiger partial charge on any atom is -0.379 e. The zero-order valence-corrected chi connectivity index (χ0v) is 20.1. The number of para-hydroxylation sites is 1. The van der Waals surface area contributed by atoms with Crippen molar-refractivity contribution in [2.45, 2.75) is 24.2 Å². The largest absolute Gasteiger partial charge is 0.379 e. The Morgan fingerprint density at radius 3 is 2.56 bits per heavy atom. The van der Waals surface area contributed by atoms with E-state index in [1.165, 1.54) is 22.0 Å². The maximum absolute atomic E-state index is 13.2. The molecule has 10 nitrogen and oxygen atoms in total. The first-order valence-electron chi connectivity index (χ1n) is 10.8. The minimum atomic E-state index is -3.98. The second kappa shape index (κ2) is 9.16. The summed E-state index contributed by atoms with van der Waals surface area (Å²) in [5.74, 6) is 0. The fraction of sp³-hybridized carbons (Fsp3) is 0.348. The van der Waals surface area contributed by atoms with Crippen LogP contribution in [-0.2, 0) is 20.2 Å². The van der Waals surface area contributed by atoms with Crippen molar-refractivity contribution in [3.8, 4) is 0 Å². The van der Waals surface area contributed by atoms with Crippen molar-refractivity contribution in [2.24, 2.45) is 5.10 Å². The smallest absolute Gasteiger partial charge is 0.270 e. The molecule has 4 rings (SSSR count). The van der Waals surface area contributed by atoms with Crippen molar-refractivity contribution in [1.29, 1.82) is 0 Å². The third kappa shape index (κ3) is 4.29. The molecule has 2 aromatic rings. The van der Waals surface area contributed by atoms with Gasteiger partial charge in [0.1, 0.15) is 4.90 Å². The summed E-state index contributed by atoms with van der Waals surface area (Å²) >= 11 is 0. The molecule has 0 aliphatic carbocycles. The number of ether oxygens (including phenoxy) is 1. The number of sulfonamides is 1. The topological polar surface area (TPSA) is 117 Å². The van der Waals surface area contributed by atoms with Gasteiger partial charge in [-0.1, -0.05) is 32.0 Å². The molecule has 2 aliphatic rings. The number of nitro groups is 1. The van der Waals surface area contributed by atoms with E-state index in [2.05, 4.69) is 41.4 Å². The number of nitrogens with zero attached hydrogens (tertiary/aromatic N) is 4. The molecule has 1 saturated heterocycles. The molecule has 1 fully saturated rings. The van der Waals surface area contributed by atoms with Gasteiger partial charge in [0.05, 0.1) is 23.8 Å². The van der Waals surface area contributed by atoms with Crippen LogP contribution >= 0.6 is 0 Å². The van der Waals surface area contributed by atoms with E-state index in [0.29, 0.717) is 0 Å². The van der Waals surface area contributed by atoms with Crippen LogP contribution in [0, 0.1) is 10.1 Å². The average molecular weight is 486 g/mol. The molecule has 0 unspecified atom stereocenters. The first kappa shape index (κ1) is 23.9. The van der Waals surface area contributed by atoms with Crippen molar-refractivity contribution in [3.05, 3.63) is 69.9 Å². The van der Waals surface area contributed by atoms with Crippen molar-refractivity contribution in [1.82, 2.24) is 4.31 Å². The third-order valence-corrected chi connectivity index (χ3v) is 8.13. The number of nitrogens with one attached hydrogen (secondary N) is 1. The van der Waals surface area contributed by atoms with Crippen molar-refractivity contribution < 1.29 is 18.1 Å². The van der Waals surface area contributed by atoms with Gasteiger partial charge < -0.3 is 9.64 Å². The van der Waals surface area contributed by atoms with Crippen LogP contribution < -0.4 is 10.3 Å². The molecule has 0 saturated carbocycles. The predicted octanol–water partition coefficient (Wildman–Crippen LogP) is 3.32. The van der Waals surface area contributed by atoms with Gasteiger partial charge in [0.15, 0.2) is 0 Å². The molecule has 0 amide bonds. The van der Waals surface area contributed by atoms with E-state index < -0.39 is 14.9 Å². The monoisotopic (exact) mass is 485 g/mol.